The quantitative estimate of drug-likeness (QED) is 0.378. The molecule has 0 aliphatic carbocycles. The summed E-state index contributed by atoms with van der Waals surface area (Å²) >= 11 is 0. The minimum Gasteiger partial charge on any atom is -0.593 e. The Bertz CT molecular complexity index is 225. The van der Waals surface area contributed by atoms with Crippen LogP contribution >= 0.6 is 8.03 Å². The van der Waals surface area contributed by atoms with Crippen molar-refractivity contribution in [3.63, 3.8) is 0 Å². The monoisotopic (exact) mass is 211 g/mol. The lowest BCUT2D eigenvalue weighted by atomic mass is 9.97. The number of aliphatic hydroxyl groups excluding tert-OH is 1. The highest BCUT2D eigenvalue weighted by Crippen LogP contribution is 2.36. The maximum absolute atomic E-state index is 10.5. The van der Waals surface area contributed by atoms with Crippen molar-refractivity contribution in [3.8, 4) is 0 Å². The fourth-order valence-electron chi connectivity index (χ4n) is 0.626. The number of hydrogen-bond acceptors (Lipinski definition) is 6. The summed E-state index contributed by atoms with van der Waals surface area (Å²) in [5.74, 6) is -1.91. The highest BCUT2D eigenvalue weighted by molar-refractivity contribution is 7.40. The number of aliphatic carboxylic acids is 1. The number of carboxylic acid groups (broad SMARTS) is 1. The molecular formula is C5H10NO6P. The van der Waals surface area contributed by atoms with E-state index in [1.165, 1.54) is 0 Å². The van der Waals surface area contributed by atoms with E-state index >= 15 is 0 Å². The number of carbonyl (C=O) groups is 1. The first-order chi connectivity index (χ1) is 5.70. The molecule has 0 heterocycles. The van der Waals surface area contributed by atoms with Crippen molar-refractivity contribution < 1.29 is 29.6 Å². The molecular weight excluding hydrogens is 201 g/mol. The van der Waals surface area contributed by atoms with E-state index in [2.05, 4.69) is 0 Å². The van der Waals surface area contributed by atoms with Gasteiger partial charge in [-0.25, -0.2) is 4.79 Å². The van der Waals surface area contributed by atoms with Crippen LogP contribution in [0.3, 0.4) is 0 Å². The van der Waals surface area contributed by atoms with Crippen LogP contribution in [0.15, 0.2) is 0 Å². The van der Waals surface area contributed by atoms with E-state index in [1.54, 1.807) is 0 Å². The van der Waals surface area contributed by atoms with Crippen LogP contribution < -0.4 is 10.6 Å². The van der Waals surface area contributed by atoms with Crippen LogP contribution in [-0.4, -0.2) is 38.8 Å². The SMILES string of the molecule is CC(O)(CO)C(N)(C(=O)O)[P+](=O)[O-]. The highest BCUT2D eigenvalue weighted by atomic mass is 31.1. The van der Waals surface area contributed by atoms with Gasteiger partial charge in [0.05, 0.1) is 6.61 Å². The molecule has 0 aromatic rings. The Morgan fingerprint density at radius 3 is 2.15 bits per heavy atom. The topological polar surface area (TPSA) is 144 Å². The molecule has 0 bridgehead atoms. The van der Waals surface area contributed by atoms with Crippen LogP contribution in [0.25, 0.3) is 0 Å². The average Bonchev–Trinajstić information content (AvgIpc) is 2.01. The zero-order valence-corrected chi connectivity index (χ0v) is 7.69. The van der Waals surface area contributed by atoms with Crippen molar-refractivity contribution in [1.82, 2.24) is 0 Å². The molecule has 0 saturated heterocycles. The molecule has 3 unspecified atom stereocenters. The standard InChI is InChI=1S/C5H10NO6P/c1-4(10,2-7)5(6,3(8)9)13(11)12/h7,10H,2,6H2,1H3,(H,8,9). The van der Waals surface area contributed by atoms with Gasteiger partial charge in [0.25, 0.3) is 0 Å². The van der Waals surface area contributed by atoms with Gasteiger partial charge in [0, 0.05) is 0 Å². The van der Waals surface area contributed by atoms with Gasteiger partial charge in [0.1, 0.15) is 0 Å². The molecule has 3 atom stereocenters. The Balaban J connectivity index is 5.26. The van der Waals surface area contributed by atoms with Gasteiger partial charge in [0.15, 0.2) is 5.60 Å². The van der Waals surface area contributed by atoms with Crippen molar-refractivity contribution in [2.75, 3.05) is 6.61 Å². The average molecular weight is 211 g/mol. The van der Waals surface area contributed by atoms with Gasteiger partial charge in [-0.1, -0.05) is 4.57 Å². The largest absolute Gasteiger partial charge is 0.593 e. The Labute approximate surface area is 74.7 Å². The number of aliphatic hydroxyl groups is 2. The lowest BCUT2D eigenvalue weighted by Gasteiger charge is -2.29. The third-order valence-corrected chi connectivity index (χ3v) is 2.99. The molecule has 8 heteroatoms. The zero-order valence-electron chi connectivity index (χ0n) is 6.80. The first-order valence-corrected chi connectivity index (χ1v) is 4.38. The Hall–Kier alpha value is -0.590. The number of nitrogens with two attached hydrogens (primary N) is 1. The van der Waals surface area contributed by atoms with Gasteiger partial charge in [-0.2, -0.15) is 0 Å². The van der Waals surface area contributed by atoms with Gasteiger partial charge < -0.3 is 20.2 Å². The van der Waals surface area contributed by atoms with E-state index in [0.29, 0.717) is 0 Å². The van der Waals surface area contributed by atoms with E-state index < -0.39 is 31.5 Å². The summed E-state index contributed by atoms with van der Waals surface area (Å²) in [4.78, 5) is 21.0. The predicted molar refractivity (Wildman–Crippen MR) is 39.9 cm³/mol. The number of rotatable bonds is 4. The van der Waals surface area contributed by atoms with Crippen LogP contribution in [-0.2, 0) is 9.36 Å². The second-order valence-corrected chi connectivity index (χ2v) is 3.98. The molecule has 0 radical (unpaired) electrons. The summed E-state index contributed by atoms with van der Waals surface area (Å²) in [5, 5.41) is 23.4. The van der Waals surface area contributed by atoms with E-state index in [-0.39, 0.29) is 0 Å². The number of carboxylic acids is 1. The molecule has 0 aliphatic rings. The molecule has 0 aromatic heterocycles. The minimum atomic E-state index is -3.61. The molecule has 7 nitrogen and oxygen atoms in total. The molecule has 13 heavy (non-hydrogen) atoms. The van der Waals surface area contributed by atoms with E-state index in [1.807, 2.05) is 0 Å². The first-order valence-electron chi connectivity index (χ1n) is 3.20. The van der Waals surface area contributed by atoms with E-state index in [9.17, 15) is 19.4 Å². The summed E-state index contributed by atoms with van der Waals surface area (Å²) < 4.78 is 10.5. The molecule has 0 fully saturated rings. The van der Waals surface area contributed by atoms with Gasteiger partial charge in [0.2, 0.25) is 0 Å². The van der Waals surface area contributed by atoms with Crippen molar-refractivity contribution >= 4 is 14.0 Å². The summed E-state index contributed by atoms with van der Waals surface area (Å²) in [5.41, 5.74) is 2.54. The second-order valence-electron chi connectivity index (χ2n) is 2.76. The third kappa shape index (κ3) is 1.84. The van der Waals surface area contributed by atoms with E-state index in [4.69, 9.17) is 15.9 Å². The van der Waals surface area contributed by atoms with Crippen molar-refractivity contribution in [2.24, 2.45) is 5.73 Å². The van der Waals surface area contributed by atoms with Gasteiger partial charge in [-0.3, -0.25) is 5.73 Å². The highest BCUT2D eigenvalue weighted by Gasteiger charge is 2.61. The summed E-state index contributed by atoms with van der Waals surface area (Å²) in [6.07, 6.45) is 0. The Morgan fingerprint density at radius 2 is 2.08 bits per heavy atom. The van der Waals surface area contributed by atoms with Crippen LogP contribution in [0.4, 0.5) is 0 Å². The molecule has 76 valence electrons. The molecule has 5 N–H and O–H groups in total. The zero-order chi connectivity index (χ0) is 10.9. The summed E-state index contributed by atoms with van der Waals surface area (Å²) in [6.45, 7) is -0.245. The summed E-state index contributed by atoms with van der Waals surface area (Å²) in [6, 6.07) is 0. The first kappa shape index (κ1) is 12.4. The van der Waals surface area contributed by atoms with Crippen LogP contribution in [0, 0.1) is 0 Å². The normalized spacial score (nSPS) is 21.5. The van der Waals surface area contributed by atoms with Crippen LogP contribution in [0.2, 0.25) is 0 Å². The fourth-order valence-corrected chi connectivity index (χ4v) is 1.25. The van der Waals surface area contributed by atoms with Gasteiger partial charge >= 0.3 is 19.3 Å². The van der Waals surface area contributed by atoms with Crippen molar-refractivity contribution in [2.45, 2.75) is 17.8 Å². The molecule has 0 rings (SSSR count). The third-order valence-electron chi connectivity index (χ3n) is 1.74. The maximum atomic E-state index is 10.5. The molecule has 0 spiro atoms. The molecule has 0 saturated carbocycles. The molecule has 0 aliphatic heterocycles. The maximum Gasteiger partial charge on any atom is 0.377 e. The van der Waals surface area contributed by atoms with Crippen molar-refractivity contribution in [3.05, 3.63) is 0 Å². The lowest BCUT2D eigenvalue weighted by Crippen LogP contribution is -2.64. The smallest absolute Gasteiger partial charge is 0.377 e. The van der Waals surface area contributed by atoms with Crippen LogP contribution in [0.5, 0.6) is 0 Å². The summed E-state index contributed by atoms with van der Waals surface area (Å²) in [7, 11) is -3.61. The van der Waals surface area contributed by atoms with Gasteiger partial charge in [-0.15, -0.1) is 0 Å². The Kier molecular flexibility index (Phi) is 3.48. The lowest BCUT2D eigenvalue weighted by molar-refractivity contribution is -0.184. The fraction of sp³-hybridized carbons (Fsp3) is 0.800. The Morgan fingerprint density at radius 1 is 1.69 bits per heavy atom. The molecule has 0 amide bonds. The molecule has 0 aromatic carbocycles. The number of hydrogen-bond donors (Lipinski definition) is 4. The minimum absolute atomic E-state index is 0.826. The van der Waals surface area contributed by atoms with E-state index in [0.717, 1.165) is 6.92 Å². The van der Waals surface area contributed by atoms with Gasteiger partial charge in [-0.05, 0) is 6.92 Å². The van der Waals surface area contributed by atoms with Crippen LogP contribution in [0.1, 0.15) is 6.92 Å². The predicted octanol–water partition coefficient (Wildman–Crippen LogP) is -2.43. The second kappa shape index (κ2) is 3.65. The van der Waals surface area contributed by atoms with Crippen molar-refractivity contribution in [1.29, 1.82) is 0 Å².